The van der Waals surface area contributed by atoms with Crippen molar-refractivity contribution < 1.29 is 8.95 Å². The summed E-state index contributed by atoms with van der Waals surface area (Å²) in [4.78, 5) is 0. The second kappa shape index (κ2) is 9.13. The molecule has 1 atom stereocenters. The van der Waals surface area contributed by atoms with Gasteiger partial charge in [0.1, 0.15) is 5.75 Å². The monoisotopic (exact) mass is 282 g/mol. The molecule has 0 aliphatic rings. The van der Waals surface area contributed by atoms with Gasteiger partial charge in [-0.15, -0.1) is 0 Å². The number of benzene rings is 1. The van der Waals surface area contributed by atoms with Crippen LogP contribution in [-0.4, -0.2) is 22.8 Å². The molecule has 0 radical (unpaired) electrons. The van der Waals surface area contributed by atoms with Gasteiger partial charge in [0, 0.05) is 22.8 Å². The lowest BCUT2D eigenvalue weighted by atomic mass is 10.0. The number of hydrogen-bond acceptors (Lipinski definition) is 2. The quantitative estimate of drug-likeness (QED) is 0.637. The van der Waals surface area contributed by atoms with Gasteiger partial charge in [-0.05, 0) is 30.4 Å². The molecule has 0 bridgehead atoms. The van der Waals surface area contributed by atoms with E-state index >= 15 is 0 Å². The van der Waals surface area contributed by atoms with Gasteiger partial charge in [-0.2, -0.15) is 0 Å². The minimum Gasteiger partial charge on any atom is -0.493 e. The molecule has 0 N–H and O–H groups in total. The second-order valence-corrected chi connectivity index (χ2v) is 6.79. The Morgan fingerprint density at radius 1 is 1.11 bits per heavy atom. The first-order chi connectivity index (χ1) is 9.11. The van der Waals surface area contributed by atoms with Gasteiger partial charge >= 0.3 is 0 Å². The molecule has 2 nitrogen and oxygen atoms in total. The van der Waals surface area contributed by atoms with Gasteiger partial charge in [0.25, 0.3) is 0 Å². The van der Waals surface area contributed by atoms with Crippen LogP contribution in [-0.2, 0) is 10.8 Å². The minimum atomic E-state index is -0.642. The van der Waals surface area contributed by atoms with Gasteiger partial charge < -0.3 is 4.74 Å². The molecule has 0 amide bonds. The van der Waals surface area contributed by atoms with Crippen LogP contribution in [0.2, 0.25) is 0 Å². The van der Waals surface area contributed by atoms with Crippen molar-refractivity contribution in [2.75, 3.05) is 18.6 Å². The molecule has 0 spiro atoms. The van der Waals surface area contributed by atoms with E-state index in [0.717, 1.165) is 43.8 Å². The number of hydrogen-bond donors (Lipinski definition) is 0. The van der Waals surface area contributed by atoms with Crippen molar-refractivity contribution in [3.8, 4) is 5.75 Å². The van der Waals surface area contributed by atoms with E-state index in [1.807, 2.05) is 6.07 Å². The van der Waals surface area contributed by atoms with Crippen LogP contribution in [0.5, 0.6) is 5.75 Å². The molecule has 0 aromatic heterocycles. The predicted molar refractivity (Wildman–Crippen MR) is 83.4 cm³/mol. The van der Waals surface area contributed by atoms with Crippen molar-refractivity contribution in [1.29, 1.82) is 0 Å². The summed E-state index contributed by atoms with van der Waals surface area (Å²) in [5, 5.41) is 0. The molecule has 1 aromatic rings. The van der Waals surface area contributed by atoms with Crippen molar-refractivity contribution in [2.24, 2.45) is 0 Å². The zero-order valence-electron chi connectivity index (χ0n) is 12.4. The Balaban J connectivity index is 2.21. The van der Waals surface area contributed by atoms with E-state index in [1.165, 1.54) is 5.56 Å². The van der Waals surface area contributed by atoms with Crippen molar-refractivity contribution in [2.45, 2.75) is 45.4 Å². The average molecular weight is 282 g/mol. The van der Waals surface area contributed by atoms with Crippen LogP contribution in [0.1, 0.15) is 51.0 Å². The topological polar surface area (TPSA) is 26.3 Å². The van der Waals surface area contributed by atoms with Gasteiger partial charge in [-0.25, -0.2) is 0 Å². The SMILES string of the molecule is CC(C)c1ccccc1OCCCCCCS(C)=O. The van der Waals surface area contributed by atoms with Crippen LogP contribution < -0.4 is 4.74 Å². The summed E-state index contributed by atoms with van der Waals surface area (Å²) in [6, 6.07) is 8.27. The van der Waals surface area contributed by atoms with E-state index < -0.39 is 10.8 Å². The molecule has 0 aliphatic heterocycles. The van der Waals surface area contributed by atoms with E-state index in [4.69, 9.17) is 4.74 Å². The first-order valence-electron chi connectivity index (χ1n) is 7.13. The van der Waals surface area contributed by atoms with Crippen molar-refractivity contribution in [3.05, 3.63) is 29.8 Å². The van der Waals surface area contributed by atoms with Gasteiger partial charge in [-0.3, -0.25) is 4.21 Å². The van der Waals surface area contributed by atoms with Crippen LogP contribution in [0.15, 0.2) is 24.3 Å². The Hall–Kier alpha value is -0.830. The first kappa shape index (κ1) is 16.2. The zero-order valence-corrected chi connectivity index (χ0v) is 13.2. The minimum absolute atomic E-state index is 0.496. The van der Waals surface area contributed by atoms with E-state index in [1.54, 1.807) is 6.26 Å². The Bertz CT molecular complexity index is 388. The third kappa shape index (κ3) is 6.76. The van der Waals surface area contributed by atoms with Crippen LogP contribution in [0.25, 0.3) is 0 Å². The summed E-state index contributed by atoms with van der Waals surface area (Å²) in [5.74, 6) is 2.35. The van der Waals surface area contributed by atoms with Gasteiger partial charge in [-0.1, -0.05) is 44.9 Å². The molecule has 0 aliphatic carbocycles. The van der Waals surface area contributed by atoms with Crippen molar-refractivity contribution in [3.63, 3.8) is 0 Å². The average Bonchev–Trinajstić information content (AvgIpc) is 2.37. The number of unbranched alkanes of at least 4 members (excludes halogenated alkanes) is 3. The van der Waals surface area contributed by atoms with Crippen LogP contribution in [0, 0.1) is 0 Å². The Morgan fingerprint density at radius 2 is 1.79 bits per heavy atom. The maximum atomic E-state index is 10.9. The largest absolute Gasteiger partial charge is 0.493 e. The summed E-state index contributed by atoms with van der Waals surface area (Å²) in [5.41, 5.74) is 1.28. The third-order valence-corrected chi connectivity index (χ3v) is 3.99. The molecule has 19 heavy (non-hydrogen) atoms. The molecule has 1 unspecified atom stereocenters. The highest BCUT2D eigenvalue weighted by molar-refractivity contribution is 7.84. The lowest BCUT2D eigenvalue weighted by molar-refractivity contribution is 0.301. The fraction of sp³-hybridized carbons (Fsp3) is 0.625. The van der Waals surface area contributed by atoms with Crippen LogP contribution >= 0.6 is 0 Å². The van der Waals surface area contributed by atoms with Crippen molar-refractivity contribution >= 4 is 10.8 Å². The molecule has 0 fully saturated rings. The fourth-order valence-electron chi connectivity index (χ4n) is 2.03. The third-order valence-electron chi connectivity index (χ3n) is 3.12. The van der Waals surface area contributed by atoms with Crippen LogP contribution in [0.4, 0.5) is 0 Å². The van der Waals surface area contributed by atoms with Crippen LogP contribution in [0.3, 0.4) is 0 Å². The fourth-order valence-corrected chi connectivity index (χ4v) is 2.64. The molecule has 0 heterocycles. The maximum absolute atomic E-state index is 10.9. The molecule has 0 saturated carbocycles. The molecular weight excluding hydrogens is 256 g/mol. The van der Waals surface area contributed by atoms with E-state index in [2.05, 4.69) is 32.0 Å². The van der Waals surface area contributed by atoms with Crippen molar-refractivity contribution in [1.82, 2.24) is 0 Å². The number of ether oxygens (including phenoxy) is 1. The molecular formula is C16H26O2S. The standard InChI is InChI=1S/C16H26O2S/c1-14(2)15-10-6-7-11-16(15)18-12-8-4-5-9-13-19(3)17/h6-7,10-11,14H,4-5,8-9,12-13H2,1-3H3. The van der Waals surface area contributed by atoms with E-state index in [-0.39, 0.29) is 0 Å². The summed E-state index contributed by atoms with van der Waals surface area (Å²) in [7, 11) is -0.642. The molecule has 3 heteroatoms. The lowest BCUT2D eigenvalue weighted by Gasteiger charge is -2.13. The molecule has 0 saturated heterocycles. The summed E-state index contributed by atoms with van der Waals surface area (Å²) in [6.07, 6.45) is 6.20. The normalized spacial score (nSPS) is 12.6. The molecule has 1 rings (SSSR count). The van der Waals surface area contributed by atoms with Gasteiger partial charge in [0.15, 0.2) is 0 Å². The lowest BCUT2D eigenvalue weighted by Crippen LogP contribution is -2.01. The first-order valence-corrected chi connectivity index (χ1v) is 8.85. The van der Waals surface area contributed by atoms with Gasteiger partial charge in [0.05, 0.1) is 6.61 Å². The van der Waals surface area contributed by atoms with E-state index in [9.17, 15) is 4.21 Å². The zero-order chi connectivity index (χ0) is 14.1. The Morgan fingerprint density at radius 3 is 2.47 bits per heavy atom. The van der Waals surface area contributed by atoms with E-state index in [0.29, 0.717) is 5.92 Å². The number of para-hydroxylation sites is 1. The molecule has 1 aromatic carbocycles. The predicted octanol–water partition coefficient (Wildman–Crippen LogP) is 4.13. The highest BCUT2D eigenvalue weighted by Gasteiger charge is 2.06. The Labute approximate surface area is 120 Å². The molecule has 108 valence electrons. The Kier molecular flexibility index (Phi) is 7.80. The summed E-state index contributed by atoms with van der Waals surface area (Å²) >= 11 is 0. The summed E-state index contributed by atoms with van der Waals surface area (Å²) < 4.78 is 16.8. The smallest absolute Gasteiger partial charge is 0.122 e. The second-order valence-electron chi connectivity index (χ2n) is 5.23. The number of rotatable bonds is 9. The maximum Gasteiger partial charge on any atom is 0.122 e. The summed E-state index contributed by atoms with van der Waals surface area (Å²) in [6.45, 7) is 5.15. The highest BCUT2D eigenvalue weighted by atomic mass is 32.2. The highest BCUT2D eigenvalue weighted by Crippen LogP contribution is 2.25. The van der Waals surface area contributed by atoms with Gasteiger partial charge in [0.2, 0.25) is 0 Å².